The summed E-state index contributed by atoms with van der Waals surface area (Å²) >= 11 is 0. The van der Waals surface area contributed by atoms with Crippen molar-refractivity contribution in [1.82, 2.24) is 5.32 Å². The van der Waals surface area contributed by atoms with Crippen LogP contribution in [-0.2, 0) is 4.79 Å². The molecular formula is C13H19ClN2O. The van der Waals surface area contributed by atoms with E-state index in [2.05, 4.69) is 24.5 Å². The van der Waals surface area contributed by atoms with E-state index >= 15 is 0 Å². The van der Waals surface area contributed by atoms with Crippen molar-refractivity contribution in [2.24, 2.45) is 0 Å². The van der Waals surface area contributed by atoms with Gasteiger partial charge in [0.1, 0.15) is 0 Å². The first-order valence-corrected chi connectivity index (χ1v) is 5.78. The van der Waals surface area contributed by atoms with E-state index in [0.29, 0.717) is 0 Å². The molecule has 1 heterocycles. The Morgan fingerprint density at radius 2 is 2.12 bits per heavy atom. The summed E-state index contributed by atoms with van der Waals surface area (Å²) < 4.78 is 0. The summed E-state index contributed by atoms with van der Waals surface area (Å²) in [4.78, 5) is 11.8. The zero-order valence-corrected chi connectivity index (χ0v) is 11.1. The third kappa shape index (κ3) is 3.45. The molecule has 1 aliphatic heterocycles. The standard InChI is InChI=1S/C13H18N2O.ClH/c1-9-5-6-11(8-10(9)2)15-13(16)12-4-3-7-14-12;/h5-6,8,12,14H,3-4,7H2,1-2H3,(H,15,16);1H/t12-;/m0./s1. The van der Waals surface area contributed by atoms with Gasteiger partial charge in [-0.2, -0.15) is 0 Å². The molecule has 1 aromatic rings. The third-order valence-corrected chi connectivity index (χ3v) is 3.15. The first-order chi connectivity index (χ1) is 7.66. The number of hydrogen-bond acceptors (Lipinski definition) is 2. The second kappa shape index (κ2) is 6.03. The molecule has 0 aromatic heterocycles. The highest BCUT2D eigenvalue weighted by atomic mass is 35.5. The second-order valence-electron chi connectivity index (χ2n) is 4.44. The maximum Gasteiger partial charge on any atom is 0.241 e. The lowest BCUT2D eigenvalue weighted by molar-refractivity contribution is -0.117. The third-order valence-electron chi connectivity index (χ3n) is 3.15. The zero-order valence-electron chi connectivity index (χ0n) is 10.2. The number of carbonyl (C=O) groups excluding carboxylic acids is 1. The van der Waals surface area contributed by atoms with Crippen molar-refractivity contribution < 1.29 is 4.79 Å². The van der Waals surface area contributed by atoms with Gasteiger partial charge in [-0.1, -0.05) is 6.07 Å². The number of halogens is 1. The Bertz CT molecular complexity index is 400. The summed E-state index contributed by atoms with van der Waals surface area (Å²) in [5.74, 6) is 0.0840. The van der Waals surface area contributed by atoms with Crippen LogP contribution in [-0.4, -0.2) is 18.5 Å². The van der Waals surface area contributed by atoms with Gasteiger partial charge >= 0.3 is 0 Å². The molecule has 1 amide bonds. The van der Waals surface area contributed by atoms with Gasteiger partial charge in [-0.25, -0.2) is 0 Å². The number of aryl methyl sites for hydroxylation is 2. The predicted molar refractivity (Wildman–Crippen MR) is 72.8 cm³/mol. The Kier molecular flexibility index (Phi) is 4.97. The molecule has 0 aliphatic carbocycles. The number of rotatable bonds is 2. The van der Waals surface area contributed by atoms with Crippen LogP contribution in [0.3, 0.4) is 0 Å². The Morgan fingerprint density at radius 3 is 2.71 bits per heavy atom. The molecule has 1 saturated heterocycles. The molecule has 0 spiro atoms. The fourth-order valence-electron chi connectivity index (χ4n) is 1.96. The van der Waals surface area contributed by atoms with Crippen LogP contribution in [0.1, 0.15) is 24.0 Å². The van der Waals surface area contributed by atoms with E-state index in [0.717, 1.165) is 25.1 Å². The average molecular weight is 255 g/mol. The van der Waals surface area contributed by atoms with Crippen molar-refractivity contribution in [3.63, 3.8) is 0 Å². The highest BCUT2D eigenvalue weighted by Gasteiger charge is 2.21. The van der Waals surface area contributed by atoms with Gasteiger partial charge in [-0.3, -0.25) is 4.79 Å². The van der Waals surface area contributed by atoms with Crippen molar-refractivity contribution in [2.75, 3.05) is 11.9 Å². The molecule has 2 N–H and O–H groups in total. The minimum absolute atomic E-state index is 0. The maximum absolute atomic E-state index is 11.8. The van der Waals surface area contributed by atoms with Crippen molar-refractivity contribution >= 4 is 24.0 Å². The monoisotopic (exact) mass is 254 g/mol. The summed E-state index contributed by atoms with van der Waals surface area (Å²) in [5.41, 5.74) is 3.34. The van der Waals surface area contributed by atoms with Crippen LogP contribution in [0, 0.1) is 13.8 Å². The molecule has 3 nitrogen and oxygen atoms in total. The average Bonchev–Trinajstić information content (AvgIpc) is 2.77. The number of anilines is 1. The molecule has 0 saturated carbocycles. The smallest absolute Gasteiger partial charge is 0.241 e. The van der Waals surface area contributed by atoms with Crippen molar-refractivity contribution in [3.05, 3.63) is 29.3 Å². The Hall–Kier alpha value is -1.06. The molecule has 1 aliphatic rings. The number of nitrogens with one attached hydrogen (secondary N) is 2. The highest BCUT2D eigenvalue weighted by molar-refractivity contribution is 5.95. The van der Waals surface area contributed by atoms with Crippen molar-refractivity contribution in [3.8, 4) is 0 Å². The van der Waals surface area contributed by atoms with E-state index in [1.165, 1.54) is 11.1 Å². The lowest BCUT2D eigenvalue weighted by Crippen LogP contribution is -2.35. The van der Waals surface area contributed by atoms with Crippen LogP contribution in [0.5, 0.6) is 0 Å². The molecular weight excluding hydrogens is 236 g/mol. The van der Waals surface area contributed by atoms with Crippen LogP contribution >= 0.6 is 12.4 Å². The summed E-state index contributed by atoms with van der Waals surface area (Å²) in [7, 11) is 0. The molecule has 0 radical (unpaired) electrons. The molecule has 94 valence electrons. The number of hydrogen-bond donors (Lipinski definition) is 2. The van der Waals surface area contributed by atoms with Crippen molar-refractivity contribution in [1.29, 1.82) is 0 Å². The SMILES string of the molecule is Cc1ccc(NC(=O)[C@@H]2CCCN2)cc1C.Cl. The van der Waals surface area contributed by atoms with Gasteiger partial charge in [-0.15, -0.1) is 12.4 Å². The predicted octanol–water partition coefficient (Wildman–Crippen LogP) is 2.42. The highest BCUT2D eigenvalue weighted by Crippen LogP contribution is 2.15. The van der Waals surface area contributed by atoms with Gasteiger partial charge in [0.2, 0.25) is 5.91 Å². The summed E-state index contributed by atoms with van der Waals surface area (Å²) in [6.45, 7) is 5.07. The van der Waals surface area contributed by atoms with Gasteiger partial charge in [0.15, 0.2) is 0 Å². The Morgan fingerprint density at radius 1 is 1.35 bits per heavy atom. The van der Waals surface area contributed by atoms with Crippen LogP contribution in [0.15, 0.2) is 18.2 Å². The van der Waals surface area contributed by atoms with E-state index in [9.17, 15) is 4.79 Å². The molecule has 1 atom stereocenters. The fraction of sp³-hybridized carbons (Fsp3) is 0.462. The molecule has 17 heavy (non-hydrogen) atoms. The lowest BCUT2D eigenvalue weighted by atomic mass is 10.1. The first kappa shape index (κ1) is 14.0. The van der Waals surface area contributed by atoms with Gasteiger partial charge in [-0.05, 0) is 56.5 Å². The second-order valence-corrected chi connectivity index (χ2v) is 4.44. The summed E-state index contributed by atoms with van der Waals surface area (Å²) in [6, 6.07) is 5.99. The quantitative estimate of drug-likeness (QED) is 0.851. The van der Waals surface area contributed by atoms with Crippen LogP contribution < -0.4 is 10.6 Å². The molecule has 1 fully saturated rings. The van der Waals surface area contributed by atoms with E-state index in [1.807, 2.05) is 18.2 Å². The van der Waals surface area contributed by atoms with Gasteiger partial charge in [0, 0.05) is 5.69 Å². The van der Waals surface area contributed by atoms with Gasteiger partial charge in [0.05, 0.1) is 6.04 Å². The normalized spacial score (nSPS) is 18.6. The lowest BCUT2D eigenvalue weighted by Gasteiger charge is -2.12. The van der Waals surface area contributed by atoms with E-state index in [1.54, 1.807) is 0 Å². The maximum atomic E-state index is 11.8. The number of amides is 1. The summed E-state index contributed by atoms with van der Waals surface area (Å²) in [6.07, 6.45) is 2.03. The molecule has 2 rings (SSSR count). The minimum atomic E-state index is -0.0124. The Labute approximate surface area is 108 Å². The minimum Gasteiger partial charge on any atom is -0.325 e. The molecule has 1 aromatic carbocycles. The van der Waals surface area contributed by atoms with Crippen LogP contribution in [0.25, 0.3) is 0 Å². The van der Waals surface area contributed by atoms with Crippen LogP contribution in [0.2, 0.25) is 0 Å². The fourth-order valence-corrected chi connectivity index (χ4v) is 1.96. The molecule has 0 unspecified atom stereocenters. The number of carbonyl (C=O) groups is 1. The van der Waals surface area contributed by atoms with E-state index < -0.39 is 0 Å². The molecule has 4 heteroatoms. The first-order valence-electron chi connectivity index (χ1n) is 5.78. The zero-order chi connectivity index (χ0) is 11.5. The Balaban J connectivity index is 0.00000144. The molecule has 0 bridgehead atoms. The van der Waals surface area contributed by atoms with Crippen molar-refractivity contribution in [2.45, 2.75) is 32.7 Å². The topological polar surface area (TPSA) is 41.1 Å². The number of benzene rings is 1. The summed E-state index contributed by atoms with van der Waals surface area (Å²) in [5, 5.41) is 6.14. The largest absolute Gasteiger partial charge is 0.325 e. The van der Waals surface area contributed by atoms with E-state index in [4.69, 9.17) is 0 Å². The van der Waals surface area contributed by atoms with Gasteiger partial charge < -0.3 is 10.6 Å². The van der Waals surface area contributed by atoms with Crippen LogP contribution in [0.4, 0.5) is 5.69 Å². The van der Waals surface area contributed by atoms with E-state index in [-0.39, 0.29) is 24.4 Å². The van der Waals surface area contributed by atoms with Gasteiger partial charge in [0.25, 0.3) is 0 Å².